The van der Waals surface area contributed by atoms with Crippen molar-refractivity contribution >= 4 is 5.91 Å². The number of ether oxygens (including phenoxy) is 5. The third kappa shape index (κ3) is 10.6. The lowest BCUT2D eigenvalue weighted by Gasteiger charge is -2.44. The van der Waals surface area contributed by atoms with Gasteiger partial charge in [0.25, 0.3) is 0 Å². The number of aliphatic hydroxyl groups excluding tert-OH is 1. The zero-order valence-corrected chi connectivity index (χ0v) is 20.4. The van der Waals surface area contributed by atoms with Crippen LogP contribution in [0.15, 0.2) is 12.7 Å². The number of halogens is 3. The Labute approximate surface area is 200 Å². The van der Waals surface area contributed by atoms with Gasteiger partial charge in [0, 0.05) is 20.8 Å². The number of carbonyl (C=O) groups is 1. The first-order chi connectivity index (χ1) is 16.2. The van der Waals surface area contributed by atoms with Gasteiger partial charge in [-0.05, 0) is 12.8 Å². The maximum Gasteiger partial charge on any atom is 0.471 e. The van der Waals surface area contributed by atoms with E-state index in [0.29, 0.717) is 6.42 Å². The van der Waals surface area contributed by atoms with Crippen molar-refractivity contribution < 1.29 is 46.8 Å². The van der Waals surface area contributed by atoms with Crippen LogP contribution in [0.2, 0.25) is 0 Å². The van der Waals surface area contributed by atoms with Crippen molar-refractivity contribution in [3.63, 3.8) is 0 Å². The van der Waals surface area contributed by atoms with Gasteiger partial charge in [0.1, 0.15) is 24.4 Å². The summed E-state index contributed by atoms with van der Waals surface area (Å²) in [5.74, 6) is -2.18. The lowest BCUT2D eigenvalue weighted by atomic mass is 9.96. The van der Waals surface area contributed by atoms with Gasteiger partial charge in [-0.25, -0.2) is 0 Å². The van der Waals surface area contributed by atoms with E-state index >= 15 is 0 Å². The highest BCUT2D eigenvalue weighted by Gasteiger charge is 2.50. The minimum atomic E-state index is -5.12. The summed E-state index contributed by atoms with van der Waals surface area (Å²) in [5, 5.41) is 12.6. The fourth-order valence-electron chi connectivity index (χ4n) is 3.80. The molecule has 0 spiro atoms. The first-order valence-corrected chi connectivity index (χ1v) is 11.8. The van der Waals surface area contributed by atoms with Gasteiger partial charge in [0.05, 0.1) is 19.3 Å². The zero-order chi connectivity index (χ0) is 25.6. The van der Waals surface area contributed by atoms with Gasteiger partial charge in [-0.2, -0.15) is 13.2 Å². The highest BCUT2D eigenvalue weighted by atomic mass is 19.4. The molecule has 1 heterocycles. The van der Waals surface area contributed by atoms with Crippen LogP contribution in [-0.2, 0) is 28.5 Å². The molecular formula is C23H40F3NO7. The van der Waals surface area contributed by atoms with Crippen LogP contribution >= 0.6 is 0 Å². The van der Waals surface area contributed by atoms with E-state index in [2.05, 4.69) is 13.5 Å². The third-order valence-electron chi connectivity index (χ3n) is 5.65. The van der Waals surface area contributed by atoms with E-state index in [-0.39, 0.29) is 25.9 Å². The summed E-state index contributed by atoms with van der Waals surface area (Å²) in [5.41, 5.74) is 0. The molecular weight excluding hydrogens is 459 g/mol. The standard InChI is InChI=1S/C23H40F3NO7/c1-5-7-8-9-10-11-16(31-4)12-14-32-20-18(27-22(29)23(24,25)26)21(33-13-6-2)34-17(15-30-3)19(20)28/h6,16-21,28H,2,5,7-15H2,1,3-4H3,(H,27,29)/t16-,17-,18?,19-,20-,21+/m1/s1. The Morgan fingerprint density at radius 3 is 2.47 bits per heavy atom. The Morgan fingerprint density at radius 2 is 1.88 bits per heavy atom. The van der Waals surface area contributed by atoms with Crippen molar-refractivity contribution in [3.8, 4) is 0 Å². The van der Waals surface area contributed by atoms with Crippen molar-refractivity contribution in [1.82, 2.24) is 5.32 Å². The molecule has 11 heteroatoms. The summed E-state index contributed by atoms with van der Waals surface area (Å²) in [6.45, 7) is 5.66. The summed E-state index contributed by atoms with van der Waals surface area (Å²) < 4.78 is 66.3. The molecule has 1 saturated heterocycles. The molecule has 1 unspecified atom stereocenters. The average Bonchev–Trinajstić information content (AvgIpc) is 2.79. The number of alkyl halides is 3. The molecule has 0 aromatic rings. The van der Waals surface area contributed by atoms with Gasteiger partial charge in [0.2, 0.25) is 0 Å². The van der Waals surface area contributed by atoms with Crippen molar-refractivity contribution in [2.75, 3.05) is 34.0 Å². The predicted molar refractivity (Wildman–Crippen MR) is 119 cm³/mol. The smallest absolute Gasteiger partial charge is 0.388 e. The predicted octanol–water partition coefficient (Wildman–Crippen LogP) is 3.12. The number of nitrogens with one attached hydrogen (secondary N) is 1. The number of hydrogen-bond donors (Lipinski definition) is 2. The molecule has 8 nitrogen and oxygen atoms in total. The second-order valence-electron chi connectivity index (χ2n) is 8.29. The lowest BCUT2D eigenvalue weighted by Crippen LogP contribution is -2.66. The number of unbranched alkanes of at least 4 members (excludes halogenated alkanes) is 4. The van der Waals surface area contributed by atoms with E-state index in [4.69, 9.17) is 23.7 Å². The average molecular weight is 500 g/mol. The molecule has 200 valence electrons. The van der Waals surface area contributed by atoms with Crippen LogP contribution in [0.25, 0.3) is 0 Å². The Balaban J connectivity index is 2.88. The monoisotopic (exact) mass is 499 g/mol. The molecule has 1 aliphatic heterocycles. The van der Waals surface area contributed by atoms with E-state index in [1.54, 1.807) is 7.11 Å². The fourth-order valence-corrected chi connectivity index (χ4v) is 3.80. The van der Waals surface area contributed by atoms with Crippen molar-refractivity contribution in [3.05, 3.63) is 12.7 Å². The van der Waals surface area contributed by atoms with Crippen molar-refractivity contribution in [1.29, 1.82) is 0 Å². The van der Waals surface area contributed by atoms with Gasteiger partial charge in [0.15, 0.2) is 6.29 Å². The maximum absolute atomic E-state index is 13.0. The molecule has 0 aromatic heterocycles. The van der Waals surface area contributed by atoms with E-state index in [1.165, 1.54) is 19.6 Å². The van der Waals surface area contributed by atoms with Gasteiger partial charge in [-0.3, -0.25) is 4.79 Å². The number of rotatable bonds is 17. The van der Waals surface area contributed by atoms with Gasteiger partial charge >= 0.3 is 12.1 Å². The first kappa shape index (κ1) is 30.8. The number of hydrogen-bond acceptors (Lipinski definition) is 7. The normalized spacial score (nSPS) is 26.3. The first-order valence-electron chi connectivity index (χ1n) is 11.8. The largest absolute Gasteiger partial charge is 0.471 e. The molecule has 1 amide bonds. The van der Waals surface area contributed by atoms with Crippen LogP contribution in [0.5, 0.6) is 0 Å². The molecule has 6 atom stereocenters. The second-order valence-corrected chi connectivity index (χ2v) is 8.29. The van der Waals surface area contributed by atoms with Crippen LogP contribution in [0, 0.1) is 0 Å². The molecule has 0 saturated carbocycles. The minimum absolute atomic E-state index is 0.0463. The summed E-state index contributed by atoms with van der Waals surface area (Å²) in [7, 11) is 2.99. The quantitative estimate of drug-likeness (QED) is 0.235. The second kappa shape index (κ2) is 16.4. The Kier molecular flexibility index (Phi) is 14.9. The van der Waals surface area contributed by atoms with E-state index < -0.39 is 42.7 Å². The SMILES string of the molecule is C=CCO[C@H]1O[C@H](COC)[C@@H](O)[C@H](OCC[C@@H](CCCCCCC)OC)C1NC(=O)C(F)(F)F. The van der Waals surface area contributed by atoms with Gasteiger partial charge in [-0.15, -0.1) is 6.58 Å². The molecule has 1 aliphatic rings. The van der Waals surface area contributed by atoms with Crippen LogP contribution in [0.4, 0.5) is 13.2 Å². The highest BCUT2D eigenvalue weighted by Crippen LogP contribution is 2.27. The molecule has 34 heavy (non-hydrogen) atoms. The van der Waals surface area contributed by atoms with E-state index in [0.717, 1.165) is 32.1 Å². The summed E-state index contributed by atoms with van der Waals surface area (Å²) in [6, 6.07) is -1.41. The fraction of sp³-hybridized carbons (Fsp3) is 0.870. The van der Waals surface area contributed by atoms with E-state index in [1.807, 2.05) is 5.32 Å². The number of methoxy groups -OCH3 is 2. The van der Waals surface area contributed by atoms with Gasteiger partial charge in [-0.1, -0.05) is 45.1 Å². The maximum atomic E-state index is 13.0. The van der Waals surface area contributed by atoms with Crippen molar-refractivity contribution in [2.45, 2.75) is 94.8 Å². The number of aliphatic hydroxyl groups is 1. The highest BCUT2D eigenvalue weighted by molar-refractivity contribution is 5.82. The van der Waals surface area contributed by atoms with Crippen LogP contribution in [0.3, 0.4) is 0 Å². The molecule has 0 aliphatic carbocycles. The molecule has 0 bridgehead atoms. The Bertz CT molecular complexity index is 579. The lowest BCUT2D eigenvalue weighted by molar-refractivity contribution is -0.277. The number of amides is 1. The minimum Gasteiger partial charge on any atom is -0.388 e. The topological polar surface area (TPSA) is 95.5 Å². The van der Waals surface area contributed by atoms with Gasteiger partial charge < -0.3 is 34.1 Å². The van der Waals surface area contributed by atoms with Crippen molar-refractivity contribution in [2.24, 2.45) is 0 Å². The molecule has 0 radical (unpaired) electrons. The van der Waals surface area contributed by atoms with E-state index in [9.17, 15) is 23.1 Å². The summed E-state index contributed by atoms with van der Waals surface area (Å²) in [6.07, 6.45) is -1.77. The summed E-state index contributed by atoms with van der Waals surface area (Å²) >= 11 is 0. The number of carbonyl (C=O) groups excluding carboxylic acids is 1. The van der Waals surface area contributed by atoms with Crippen LogP contribution < -0.4 is 5.32 Å². The third-order valence-corrected chi connectivity index (χ3v) is 5.65. The molecule has 1 fully saturated rings. The Hall–Kier alpha value is -1.24. The molecule has 2 N–H and O–H groups in total. The zero-order valence-electron chi connectivity index (χ0n) is 20.4. The molecule has 0 aromatic carbocycles. The Morgan fingerprint density at radius 1 is 1.18 bits per heavy atom. The van der Waals surface area contributed by atoms with Crippen LogP contribution in [-0.4, -0.2) is 88.0 Å². The summed E-state index contributed by atoms with van der Waals surface area (Å²) in [4.78, 5) is 11.7. The van der Waals surface area contributed by atoms with Crippen LogP contribution in [0.1, 0.15) is 51.9 Å². The molecule has 1 rings (SSSR count).